The van der Waals surface area contributed by atoms with Gasteiger partial charge in [0.15, 0.2) is 0 Å². The van der Waals surface area contributed by atoms with E-state index in [4.69, 9.17) is 0 Å². The van der Waals surface area contributed by atoms with Crippen LogP contribution in [0.5, 0.6) is 0 Å². The predicted octanol–water partition coefficient (Wildman–Crippen LogP) is 11.0. The SMILES string of the molecule is CCCCCCCCCCCCCCCCCC(C)[n+]1cc[nH]c1C(C)CCCCCCCC. The molecule has 1 N–H and O–H groups in total. The first-order chi connectivity index (χ1) is 16.7. The molecule has 1 rings (SSSR count). The topological polar surface area (TPSA) is 19.7 Å². The number of H-pyrrole nitrogens is 1. The molecule has 34 heavy (non-hydrogen) atoms. The van der Waals surface area contributed by atoms with Crippen LogP contribution in [0.3, 0.4) is 0 Å². The summed E-state index contributed by atoms with van der Waals surface area (Å²) in [6, 6.07) is 0.621. The highest BCUT2D eigenvalue weighted by molar-refractivity contribution is 4.87. The Hall–Kier alpha value is -0.790. The Labute approximate surface area is 215 Å². The minimum Gasteiger partial charge on any atom is -0.247 e. The molecule has 2 heteroatoms. The van der Waals surface area contributed by atoms with Crippen molar-refractivity contribution < 1.29 is 4.57 Å². The van der Waals surface area contributed by atoms with Crippen molar-refractivity contribution in [2.24, 2.45) is 0 Å². The summed E-state index contributed by atoms with van der Waals surface area (Å²) in [4.78, 5) is 3.56. The van der Waals surface area contributed by atoms with Gasteiger partial charge in [0, 0.05) is 0 Å². The van der Waals surface area contributed by atoms with Gasteiger partial charge in [-0.3, -0.25) is 0 Å². The standard InChI is InChI=1S/C32H62N2/c1-5-7-9-11-13-14-15-16-17-18-19-20-21-23-25-27-31(4)34-29-28-33-32(34)30(3)26-24-22-12-10-8-6-2/h28-31H,5-27H2,1-4H3/p+1. The van der Waals surface area contributed by atoms with Gasteiger partial charge in [0.05, 0.1) is 12.0 Å². The molecule has 1 aromatic rings. The van der Waals surface area contributed by atoms with E-state index in [2.05, 4.69) is 49.6 Å². The zero-order valence-electron chi connectivity index (χ0n) is 24.0. The Morgan fingerprint density at radius 1 is 0.559 bits per heavy atom. The van der Waals surface area contributed by atoms with E-state index < -0.39 is 0 Å². The fourth-order valence-corrected chi connectivity index (χ4v) is 5.46. The first-order valence-electron chi connectivity index (χ1n) is 15.8. The fourth-order valence-electron chi connectivity index (χ4n) is 5.46. The van der Waals surface area contributed by atoms with Crippen molar-refractivity contribution in [1.29, 1.82) is 0 Å². The van der Waals surface area contributed by atoms with E-state index in [0.29, 0.717) is 12.0 Å². The highest BCUT2D eigenvalue weighted by Crippen LogP contribution is 2.21. The molecule has 1 heterocycles. The minimum atomic E-state index is 0.621. The van der Waals surface area contributed by atoms with Gasteiger partial charge in [-0.1, -0.05) is 149 Å². The molecule has 0 aliphatic rings. The van der Waals surface area contributed by atoms with Crippen molar-refractivity contribution in [2.45, 2.75) is 187 Å². The largest absolute Gasteiger partial charge is 0.257 e. The Morgan fingerprint density at radius 2 is 0.941 bits per heavy atom. The number of aromatic amines is 1. The number of rotatable bonds is 25. The van der Waals surface area contributed by atoms with Gasteiger partial charge in [0.2, 0.25) is 0 Å². The first kappa shape index (κ1) is 31.2. The maximum absolute atomic E-state index is 3.56. The second-order valence-electron chi connectivity index (χ2n) is 11.3. The van der Waals surface area contributed by atoms with Crippen molar-refractivity contribution >= 4 is 0 Å². The van der Waals surface area contributed by atoms with Gasteiger partial charge in [-0.15, -0.1) is 0 Å². The van der Waals surface area contributed by atoms with Crippen LogP contribution >= 0.6 is 0 Å². The number of nitrogens with zero attached hydrogens (tertiary/aromatic N) is 1. The zero-order valence-corrected chi connectivity index (χ0v) is 24.0. The van der Waals surface area contributed by atoms with Gasteiger partial charge in [0.25, 0.3) is 5.82 Å². The van der Waals surface area contributed by atoms with Crippen LogP contribution in [0.1, 0.15) is 193 Å². The van der Waals surface area contributed by atoms with E-state index in [-0.39, 0.29) is 0 Å². The molecule has 0 spiro atoms. The molecule has 0 amide bonds. The highest BCUT2D eigenvalue weighted by atomic mass is 15.1. The molecular formula is C32H63N2+. The van der Waals surface area contributed by atoms with Gasteiger partial charge >= 0.3 is 0 Å². The minimum absolute atomic E-state index is 0.621. The summed E-state index contributed by atoms with van der Waals surface area (Å²) in [5, 5.41) is 0. The van der Waals surface area contributed by atoms with Gasteiger partial charge in [-0.25, -0.2) is 9.55 Å². The summed E-state index contributed by atoms with van der Waals surface area (Å²) >= 11 is 0. The van der Waals surface area contributed by atoms with E-state index in [1.54, 1.807) is 0 Å². The maximum atomic E-state index is 3.56. The number of hydrogen-bond donors (Lipinski definition) is 1. The maximum Gasteiger partial charge on any atom is 0.257 e. The molecular weight excluding hydrogens is 412 g/mol. The third-order valence-electron chi connectivity index (χ3n) is 7.90. The summed E-state index contributed by atoms with van der Waals surface area (Å²) in [6.07, 6.45) is 37.1. The average Bonchev–Trinajstić information content (AvgIpc) is 3.34. The van der Waals surface area contributed by atoms with Crippen LogP contribution in [-0.4, -0.2) is 4.98 Å². The lowest BCUT2D eigenvalue weighted by Crippen LogP contribution is -2.40. The number of unbranched alkanes of at least 4 members (excludes halogenated alkanes) is 19. The Kier molecular flexibility index (Phi) is 20.8. The Bertz CT molecular complexity index is 535. The third-order valence-corrected chi connectivity index (χ3v) is 7.90. The van der Waals surface area contributed by atoms with E-state index >= 15 is 0 Å². The van der Waals surface area contributed by atoms with E-state index in [9.17, 15) is 0 Å². The second-order valence-corrected chi connectivity index (χ2v) is 11.3. The van der Waals surface area contributed by atoms with Gasteiger partial charge < -0.3 is 0 Å². The molecule has 2 unspecified atom stereocenters. The van der Waals surface area contributed by atoms with Crippen molar-refractivity contribution in [3.05, 3.63) is 18.2 Å². The molecule has 0 aliphatic heterocycles. The molecule has 200 valence electrons. The van der Waals surface area contributed by atoms with Crippen molar-refractivity contribution in [2.75, 3.05) is 0 Å². The Morgan fingerprint density at radius 3 is 1.38 bits per heavy atom. The summed E-state index contributed by atoms with van der Waals surface area (Å²) in [5.41, 5.74) is 0. The monoisotopic (exact) mass is 475 g/mol. The molecule has 0 saturated carbocycles. The van der Waals surface area contributed by atoms with Crippen LogP contribution < -0.4 is 4.57 Å². The van der Waals surface area contributed by atoms with E-state index in [1.165, 1.54) is 154 Å². The molecule has 0 saturated heterocycles. The summed E-state index contributed by atoms with van der Waals surface area (Å²) in [6.45, 7) is 9.43. The van der Waals surface area contributed by atoms with Crippen LogP contribution in [0.25, 0.3) is 0 Å². The molecule has 0 aromatic carbocycles. The van der Waals surface area contributed by atoms with Gasteiger partial charge in [-0.05, 0) is 26.2 Å². The van der Waals surface area contributed by atoms with Crippen molar-refractivity contribution in [3.63, 3.8) is 0 Å². The smallest absolute Gasteiger partial charge is 0.247 e. The number of hydrogen-bond acceptors (Lipinski definition) is 0. The van der Waals surface area contributed by atoms with E-state index in [0.717, 1.165) is 0 Å². The average molecular weight is 476 g/mol. The lowest BCUT2D eigenvalue weighted by molar-refractivity contribution is -0.727. The molecule has 1 aromatic heterocycles. The third kappa shape index (κ3) is 16.0. The lowest BCUT2D eigenvalue weighted by Gasteiger charge is -2.14. The van der Waals surface area contributed by atoms with E-state index in [1.807, 2.05) is 0 Å². The Balaban J connectivity index is 2.01. The first-order valence-corrected chi connectivity index (χ1v) is 15.8. The zero-order chi connectivity index (χ0) is 24.7. The number of aromatic nitrogens is 2. The van der Waals surface area contributed by atoms with Gasteiger partial charge in [0.1, 0.15) is 12.4 Å². The predicted molar refractivity (Wildman–Crippen MR) is 152 cm³/mol. The fraction of sp³-hybridized carbons (Fsp3) is 0.906. The van der Waals surface area contributed by atoms with Crippen LogP contribution in [0, 0.1) is 0 Å². The summed E-state index contributed by atoms with van der Waals surface area (Å²) in [7, 11) is 0. The van der Waals surface area contributed by atoms with Gasteiger partial charge in [-0.2, -0.15) is 0 Å². The number of imidazole rings is 1. The molecule has 0 radical (unpaired) electrons. The van der Waals surface area contributed by atoms with Crippen LogP contribution in [-0.2, 0) is 0 Å². The van der Waals surface area contributed by atoms with Crippen LogP contribution in [0.2, 0.25) is 0 Å². The molecule has 2 atom stereocenters. The molecule has 0 fully saturated rings. The normalized spacial score (nSPS) is 13.4. The van der Waals surface area contributed by atoms with Crippen molar-refractivity contribution in [3.8, 4) is 0 Å². The van der Waals surface area contributed by atoms with Crippen molar-refractivity contribution in [1.82, 2.24) is 4.98 Å². The van der Waals surface area contributed by atoms with Crippen LogP contribution in [0.15, 0.2) is 12.4 Å². The summed E-state index contributed by atoms with van der Waals surface area (Å²) < 4.78 is 2.53. The lowest BCUT2D eigenvalue weighted by atomic mass is 10.00. The molecule has 0 bridgehead atoms. The second kappa shape index (κ2) is 22.7. The molecule has 2 nitrogen and oxygen atoms in total. The quantitative estimate of drug-likeness (QED) is 0.107. The van der Waals surface area contributed by atoms with Crippen LogP contribution in [0.4, 0.5) is 0 Å². The number of nitrogens with one attached hydrogen (secondary N) is 1. The molecule has 0 aliphatic carbocycles. The summed E-state index contributed by atoms with van der Waals surface area (Å²) in [5.74, 6) is 2.09. The highest BCUT2D eigenvalue weighted by Gasteiger charge is 2.22.